The Kier molecular flexibility index (Phi) is 4.98. The molecule has 1 saturated heterocycles. The molecule has 2 N–H and O–H groups in total. The van der Waals surface area contributed by atoms with Gasteiger partial charge in [0.25, 0.3) is 0 Å². The lowest BCUT2D eigenvalue weighted by Gasteiger charge is -2.25. The second-order valence-corrected chi connectivity index (χ2v) is 5.29. The van der Waals surface area contributed by atoms with E-state index in [4.69, 9.17) is 16.7 Å². The smallest absolute Gasteiger partial charge is 0.335 e. The summed E-state index contributed by atoms with van der Waals surface area (Å²) in [6.45, 7) is 2.17. The van der Waals surface area contributed by atoms with Crippen molar-refractivity contribution in [2.24, 2.45) is 0 Å². The highest BCUT2D eigenvalue weighted by Crippen LogP contribution is 2.23. The number of hydrogen-bond acceptors (Lipinski definition) is 3. The molecule has 1 aliphatic rings. The molecule has 1 fully saturated rings. The van der Waals surface area contributed by atoms with Crippen LogP contribution in [0.1, 0.15) is 29.6 Å². The highest BCUT2D eigenvalue weighted by Gasteiger charge is 2.15. The minimum absolute atomic E-state index is 0.0997. The van der Waals surface area contributed by atoms with Crippen molar-refractivity contribution in [1.29, 1.82) is 0 Å². The molecule has 0 spiro atoms. The maximum absolute atomic E-state index is 12.0. The van der Waals surface area contributed by atoms with E-state index in [2.05, 4.69) is 10.2 Å². The highest BCUT2D eigenvalue weighted by atomic mass is 35.5. The van der Waals surface area contributed by atoms with Gasteiger partial charge < -0.3 is 10.4 Å². The van der Waals surface area contributed by atoms with Crippen LogP contribution in [0.2, 0.25) is 5.02 Å². The van der Waals surface area contributed by atoms with Gasteiger partial charge in [-0.2, -0.15) is 0 Å². The first-order valence-electron chi connectivity index (χ1n) is 6.61. The standard InChI is InChI=1S/C14H17ClN2O3/c15-11-5-4-10(14(19)20)8-12(11)16-13(18)9-17-6-2-1-3-7-17/h4-5,8H,1-3,6-7,9H2,(H,16,18)(H,19,20). The molecule has 1 aliphatic heterocycles. The number of anilines is 1. The summed E-state index contributed by atoms with van der Waals surface area (Å²) in [7, 11) is 0. The molecular formula is C14H17ClN2O3. The van der Waals surface area contributed by atoms with Gasteiger partial charge in [0.2, 0.25) is 5.91 Å². The van der Waals surface area contributed by atoms with Crippen LogP contribution in [0, 0.1) is 0 Å². The number of carbonyl (C=O) groups excluding carboxylic acids is 1. The van der Waals surface area contributed by atoms with E-state index in [1.165, 1.54) is 24.6 Å². The van der Waals surface area contributed by atoms with E-state index in [1.54, 1.807) is 0 Å². The minimum atomic E-state index is -1.05. The number of nitrogens with zero attached hydrogens (tertiary/aromatic N) is 1. The van der Waals surface area contributed by atoms with Crippen LogP contribution in [0.4, 0.5) is 5.69 Å². The molecule has 1 aromatic rings. The Morgan fingerprint density at radius 1 is 1.25 bits per heavy atom. The molecule has 0 unspecified atom stereocenters. The Morgan fingerprint density at radius 3 is 2.60 bits per heavy atom. The number of rotatable bonds is 4. The Balaban J connectivity index is 1.99. The molecule has 20 heavy (non-hydrogen) atoms. The molecule has 0 radical (unpaired) electrons. The van der Waals surface area contributed by atoms with Gasteiger partial charge in [-0.25, -0.2) is 4.79 Å². The molecule has 0 atom stereocenters. The van der Waals surface area contributed by atoms with Crippen LogP contribution in [0.15, 0.2) is 18.2 Å². The number of piperidine rings is 1. The molecule has 108 valence electrons. The third-order valence-electron chi connectivity index (χ3n) is 3.30. The third-order valence-corrected chi connectivity index (χ3v) is 3.63. The summed E-state index contributed by atoms with van der Waals surface area (Å²) >= 11 is 5.97. The van der Waals surface area contributed by atoms with Crippen LogP contribution >= 0.6 is 11.6 Å². The van der Waals surface area contributed by atoms with Gasteiger partial charge in [-0.05, 0) is 44.1 Å². The van der Waals surface area contributed by atoms with Crippen molar-refractivity contribution < 1.29 is 14.7 Å². The zero-order valence-corrected chi connectivity index (χ0v) is 11.8. The molecular weight excluding hydrogens is 280 g/mol. The van der Waals surface area contributed by atoms with Crippen LogP contribution in [-0.4, -0.2) is 41.5 Å². The van der Waals surface area contributed by atoms with Crippen molar-refractivity contribution in [2.75, 3.05) is 25.0 Å². The van der Waals surface area contributed by atoms with Crippen LogP contribution in [-0.2, 0) is 4.79 Å². The summed E-state index contributed by atoms with van der Waals surface area (Å²) in [5, 5.41) is 11.9. The molecule has 6 heteroatoms. The quantitative estimate of drug-likeness (QED) is 0.895. The van der Waals surface area contributed by atoms with Crippen molar-refractivity contribution >= 4 is 29.2 Å². The Labute approximate surface area is 122 Å². The monoisotopic (exact) mass is 296 g/mol. The number of hydrogen-bond donors (Lipinski definition) is 2. The normalized spacial score (nSPS) is 15.8. The number of benzene rings is 1. The van der Waals surface area contributed by atoms with Gasteiger partial charge in [0.05, 0.1) is 22.8 Å². The second-order valence-electron chi connectivity index (χ2n) is 4.88. The lowest BCUT2D eigenvalue weighted by Crippen LogP contribution is -2.36. The van der Waals surface area contributed by atoms with Crippen LogP contribution in [0.3, 0.4) is 0 Å². The lowest BCUT2D eigenvalue weighted by molar-refractivity contribution is -0.117. The topological polar surface area (TPSA) is 69.6 Å². The molecule has 1 heterocycles. The van der Waals surface area contributed by atoms with Crippen LogP contribution in [0.5, 0.6) is 0 Å². The highest BCUT2D eigenvalue weighted by molar-refractivity contribution is 6.33. The fourth-order valence-electron chi connectivity index (χ4n) is 2.26. The molecule has 0 bridgehead atoms. The van der Waals surface area contributed by atoms with Crippen LogP contribution in [0.25, 0.3) is 0 Å². The number of likely N-dealkylation sites (tertiary alicyclic amines) is 1. The van der Waals surface area contributed by atoms with Crippen molar-refractivity contribution in [3.63, 3.8) is 0 Å². The lowest BCUT2D eigenvalue weighted by atomic mass is 10.1. The number of amides is 1. The summed E-state index contributed by atoms with van der Waals surface area (Å²) in [6, 6.07) is 4.26. The maximum atomic E-state index is 12.0. The third kappa shape index (κ3) is 3.95. The zero-order valence-electron chi connectivity index (χ0n) is 11.1. The van der Waals surface area contributed by atoms with E-state index < -0.39 is 5.97 Å². The number of carbonyl (C=O) groups is 2. The summed E-state index contributed by atoms with van der Waals surface area (Å²) in [5.41, 5.74) is 0.441. The van der Waals surface area contributed by atoms with Gasteiger partial charge in [0.1, 0.15) is 0 Å². The molecule has 0 aliphatic carbocycles. The van der Waals surface area contributed by atoms with Gasteiger partial charge in [0, 0.05) is 0 Å². The summed E-state index contributed by atoms with van der Waals surface area (Å²) in [6.07, 6.45) is 3.44. The van der Waals surface area contributed by atoms with Crippen molar-refractivity contribution in [1.82, 2.24) is 4.90 Å². The second kappa shape index (κ2) is 6.72. The molecule has 5 nitrogen and oxygen atoms in total. The number of carboxylic acids is 1. The number of nitrogens with one attached hydrogen (secondary N) is 1. The number of halogens is 1. The van der Waals surface area contributed by atoms with E-state index in [-0.39, 0.29) is 11.5 Å². The van der Waals surface area contributed by atoms with Crippen LogP contribution < -0.4 is 5.32 Å². The first-order valence-corrected chi connectivity index (χ1v) is 6.99. The Hall–Kier alpha value is -1.59. The molecule has 1 amide bonds. The summed E-state index contributed by atoms with van der Waals surface area (Å²) in [5.74, 6) is -1.22. The molecule has 1 aromatic carbocycles. The SMILES string of the molecule is O=C(CN1CCCCC1)Nc1cc(C(=O)O)ccc1Cl. The average Bonchev–Trinajstić information content (AvgIpc) is 2.42. The van der Waals surface area contributed by atoms with E-state index in [1.807, 2.05) is 0 Å². The van der Waals surface area contributed by atoms with E-state index in [9.17, 15) is 9.59 Å². The van der Waals surface area contributed by atoms with Gasteiger partial charge in [0.15, 0.2) is 0 Å². The zero-order chi connectivity index (χ0) is 14.5. The van der Waals surface area contributed by atoms with Crippen molar-refractivity contribution in [3.05, 3.63) is 28.8 Å². The Morgan fingerprint density at radius 2 is 1.95 bits per heavy atom. The fraction of sp³-hybridized carbons (Fsp3) is 0.429. The summed E-state index contributed by atoms with van der Waals surface area (Å²) < 4.78 is 0. The van der Waals surface area contributed by atoms with Gasteiger partial charge >= 0.3 is 5.97 Å². The van der Waals surface area contributed by atoms with E-state index in [0.717, 1.165) is 25.9 Å². The maximum Gasteiger partial charge on any atom is 0.335 e. The summed E-state index contributed by atoms with van der Waals surface area (Å²) in [4.78, 5) is 24.9. The minimum Gasteiger partial charge on any atom is -0.478 e. The number of carboxylic acid groups (broad SMARTS) is 1. The first kappa shape index (κ1) is 14.8. The van der Waals surface area contributed by atoms with Crippen molar-refractivity contribution in [3.8, 4) is 0 Å². The predicted molar refractivity (Wildman–Crippen MR) is 77.3 cm³/mol. The molecule has 2 rings (SSSR count). The molecule has 0 aromatic heterocycles. The van der Waals surface area contributed by atoms with Gasteiger partial charge in [-0.3, -0.25) is 9.69 Å². The van der Waals surface area contributed by atoms with E-state index >= 15 is 0 Å². The fourth-order valence-corrected chi connectivity index (χ4v) is 2.43. The molecule has 0 saturated carbocycles. The van der Waals surface area contributed by atoms with E-state index in [0.29, 0.717) is 17.3 Å². The van der Waals surface area contributed by atoms with Gasteiger partial charge in [-0.15, -0.1) is 0 Å². The number of aromatic carboxylic acids is 1. The first-order chi connectivity index (χ1) is 9.56. The van der Waals surface area contributed by atoms with Gasteiger partial charge in [-0.1, -0.05) is 18.0 Å². The van der Waals surface area contributed by atoms with Crippen molar-refractivity contribution in [2.45, 2.75) is 19.3 Å². The predicted octanol–water partition coefficient (Wildman–Crippen LogP) is 2.46. The largest absolute Gasteiger partial charge is 0.478 e. The Bertz CT molecular complexity index is 513. The average molecular weight is 297 g/mol.